The highest BCUT2D eigenvalue weighted by molar-refractivity contribution is 6.08. The topological polar surface area (TPSA) is 0 Å². The summed E-state index contributed by atoms with van der Waals surface area (Å²) in [5.41, 5.74) is 2.21. The van der Waals surface area contributed by atoms with Gasteiger partial charge in [0.1, 0.15) is 0 Å². The lowest BCUT2D eigenvalue weighted by Gasteiger charge is -2.08. The van der Waals surface area contributed by atoms with Gasteiger partial charge in [-0.3, -0.25) is 0 Å². The molecule has 0 fully saturated rings. The molecule has 0 radical (unpaired) electrons. The highest BCUT2D eigenvalue weighted by atomic mass is 14.1. The van der Waals surface area contributed by atoms with Crippen LogP contribution in [0.4, 0.5) is 0 Å². The Morgan fingerprint density at radius 2 is 0.778 bits per heavy atom. The predicted octanol–water partition coefficient (Wildman–Crippen LogP) is 10.2. The molecule has 36 heavy (non-hydrogen) atoms. The third-order valence-electron chi connectivity index (χ3n) is 6.98. The van der Waals surface area contributed by atoms with E-state index < -0.39 is 0 Å². The molecule has 0 saturated heterocycles. The molecular formula is C36H34. The van der Waals surface area contributed by atoms with Crippen LogP contribution in [0.3, 0.4) is 0 Å². The summed E-state index contributed by atoms with van der Waals surface area (Å²) >= 11 is 0. The average Bonchev–Trinajstić information content (AvgIpc) is 2.89. The Labute approximate surface area is 215 Å². The van der Waals surface area contributed by atoms with Crippen LogP contribution < -0.4 is 0 Å². The molecule has 0 heteroatoms. The second-order valence-corrected chi connectivity index (χ2v) is 9.89. The molecule has 178 valence electrons. The first-order valence-electron chi connectivity index (χ1n) is 13.6. The molecule has 0 unspecified atom stereocenters. The first-order valence-corrected chi connectivity index (χ1v) is 13.6. The van der Waals surface area contributed by atoms with Gasteiger partial charge >= 0.3 is 0 Å². The van der Waals surface area contributed by atoms with Crippen LogP contribution in [0.5, 0.6) is 0 Å². The third-order valence-corrected chi connectivity index (χ3v) is 6.98. The van der Waals surface area contributed by atoms with Crippen molar-refractivity contribution in [2.75, 3.05) is 0 Å². The zero-order chi connectivity index (χ0) is 24.7. The maximum atomic E-state index is 3.36. The van der Waals surface area contributed by atoms with E-state index in [1.54, 1.807) is 0 Å². The van der Waals surface area contributed by atoms with Gasteiger partial charge in [-0.2, -0.15) is 0 Å². The lowest BCUT2D eigenvalue weighted by molar-refractivity contribution is 0.737. The van der Waals surface area contributed by atoms with Crippen LogP contribution in [-0.4, -0.2) is 0 Å². The summed E-state index contributed by atoms with van der Waals surface area (Å²) < 4.78 is 0. The quantitative estimate of drug-likeness (QED) is 0.133. The zero-order valence-corrected chi connectivity index (χ0v) is 21.6. The second-order valence-electron chi connectivity index (χ2n) is 9.89. The van der Waals surface area contributed by atoms with E-state index in [1.165, 1.54) is 81.6 Å². The number of fused-ring (bicyclic) bond motifs is 4. The van der Waals surface area contributed by atoms with Gasteiger partial charge in [0.15, 0.2) is 0 Å². The fourth-order valence-corrected chi connectivity index (χ4v) is 4.91. The van der Waals surface area contributed by atoms with E-state index in [4.69, 9.17) is 0 Å². The van der Waals surface area contributed by atoms with E-state index in [0.29, 0.717) is 0 Å². The summed E-state index contributed by atoms with van der Waals surface area (Å²) in [5.74, 6) is 13.4. The molecule has 0 aliphatic heterocycles. The maximum absolute atomic E-state index is 3.36. The maximum Gasteiger partial charge on any atom is 0.0251 e. The first-order chi connectivity index (χ1) is 17.7. The van der Waals surface area contributed by atoms with Gasteiger partial charge in [0.2, 0.25) is 0 Å². The van der Waals surface area contributed by atoms with Crippen molar-refractivity contribution in [2.45, 2.75) is 65.2 Å². The molecule has 0 amide bonds. The van der Waals surface area contributed by atoms with E-state index in [2.05, 4.69) is 110 Å². The molecule has 0 N–H and O–H groups in total. The van der Waals surface area contributed by atoms with E-state index in [9.17, 15) is 0 Å². The Hall–Kier alpha value is -3.74. The Morgan fingerprint density at radius 3 is 1.17 bits per heavy atom. The minimum atomic E-state index is 0.983. The van der Waals surface area contributed by atoms with Crippen LogP contribution in [0.2, 0.25) is 0 Å². The van der Waals surface area contributed by atoms with Crippen molar-refractivity contribution in [1.82, 2.24) is 0 Å². The van der Waals surface area contributed by atoms with Gasteiger partial charge in [0, 0.05) is 24.0 Å². The van der Waals surface area contributed by atoms with Crippen molar-refractivity contribution in [3.63, 3.8) is 0 Å². The first kappa shape index (κ1) is 24.0. The Balaban J connectivity index is 1.47. The van der Waals surface area contributed by atoms with E-state index in [0.717, 1.165) is 24.0 Å². The highest BCUT2D eigenvalue weighted by Crippen LogP contribution is 2.31. The van der Waals surface area contributed by atoms with Crippen LogP contribution in [0, 0.1) is 23.7 Å². The molecule has 0 spiro atoms. The molecule has 5 aromatic rings. The Bertz CT molecular complexity index is 1530. The van der Waals surface area contributed by atoms with E-state index in [1.807, 2.05) is 0 Å². The summed E-state index contributed by atoms with van der Waals surface area (Å²) in [5, 5.41) is 10.1. The molecule has 0 nitrogen and oxygen atoms in total. The minimum Gasteiger partial charge on any atom is -0.0979 e. The van der Waals surface area contributed by atoms with Crippen LogP contribution in [0.25, 0.3) is 43.1 Å². The van der Waals surface area contributed by atoms with Crippen molar-refractivity contribution in [2.24, 2.45) is 0 Å². The van der Waals surface area contributed by atoms with E-state index >= 15 is 0 Å². The van der Waals surface area contributed by atoms with Crippen molar-refractivity contribution in [3.8, 4) is 23.7 Å². The lowest BCUT2D eigenvalue weighted by Crippen LogP contribution is -1.83. The SMILES string of the molecule is CCCCCC#Cc1ccc2cc3cc4cc5cc(C#CCCCCC)ccc5cc4cc3cc2c1. The van der Waals surface area contributed by atoms with Crippen LogP contribution in [0.1, 0.15) is 76.3 Å². The molecular weight excluding hydrogens is 432 g/mol. The zero-order valence-electron chi connectivity index (χ0n) is 21.6. The van der Waals surface area contributed by atoms with Crippen molar-refractivity contribution < 1.29 is 0 Å². The number of hydrogen-bond acceptors (Lipinski definition) is 0. The largest absolute Gasteiger partial charge is 0.0979 e. The minimum absolute atomic E-state index is 0.983. The van der Waals surface area contributed by atoms with E-state index in [-0.39, 0.29) is 0 Å². The third kappa shape index (κ3) is 5.56. The van der Waals surface area contributed by atoms with Gasteiger partial charge in [-0.25, -0.2) is 0 Å². The molecule has 5 aromatic carbocycles. The van der Waals surface area contributed by atoms with Gasteiger partial charge < -0.3 is 0 Å². The van der Waals surface area contributed by atoms with Gasteiger partial charge in [0.05, 0.1) is 0 Å². The molecule has 0 saturated carbocycles. The molecule has 0 heterocycles. The fourth-order valence-electron chi connectivity index (χ4n) is 4.91. The highest BCUT2D eigenvalue weighted by Gasteiger charge is 2.04. The number of hydrogen-bond donors (Lipinski definition) is 0. The van der Waals surface area contributed by atoms with Gasteiger partial charge in [0.25, 0.3) is 0 Å². The molecule has 5 rings (SSSR count). The predicted molar refractivity (Wildman–Crippen MR) is 159 cm³/mol. The molecule has 0 aliphatic carbocycles. The monoisotopic (exact) mass is 466 g/mol. The van der Waals surface area contributed by atoms with Crippen molar-refractivity contribution in [3.05, 3.63) is 83.9 Å². The lowest BCUT2D eigenvalue weighted by atomic mass is 9.96. The fraction of sp³-hybridized carbons (Fsp3) is 0.278. The van der Waals surface area contributed by atoms with Crippen LogP contribution in [0.15, 0.2) is 72.8 Å². The summed E-state index contributed by atoms with van der Waals surface area (Å²) in [6.07, 6.45) is 9.35. The summed E-state index contributed by atoms with van der Waals surface area (Å²) in [6.45, 7) is 4.46. The van der Waals surface area contributed by atoms with Crippen LogP contribution >= 0.6 is 0 Å². The Morgan fingerprint density at radius 1 is 0.417 bits per heavy atom. The average molecular weight is 467 g/mol. The number of rotatable bonds is 6. The van der Waals surface area contributed by atoms with Gasteiger partial charge in [-0.05, 0) is 117 Å². The van der Waals surface area contributed by atoms with Crippen LogP contribution in [-0.2, 0) is 0 Å². The summed E-state index contributed by atoms with van der Waals surface area (Å²) in [7, 11) is 0. The van der Waals surface area contributed by atoms with Crippen molar-refractivity contribution in [1.29, 1.82) is 0 Å². The number of unbranched alkanes of at least 4 members (excludes halogenated alkanes) is 6. The molecule has 0 aliphatic rings. The summed E-state index contributed by atoms with van der Waals surface area (Å²) in [4.78, 5) is 0. The normalized spacial score (nSPS) is 10.9. The van der Waals surface area contributed by atoms with Gasteiger partial charge in [-0.15, -0.1) is 0 Å². The standard InChI is InChI=1S/C36H34/c1-3-5-7-9-11-13-27-15-17-29-21-33-26-36-24-32-20-28(14-12-10-8-6-4-2)16-18-30(32)22-34(36)25-35(33)23-31(29)19-27/h15-26H,3-10H2,1-2H3. The van der Waals surface area contributed by atoms with Crippen molar-refractivity contribution >= 4 is 43.1 Å². The molecule has 0 aromatic heterocycles. The second kappa shape index (κ2) is 11.3. The summed E-state index contributed by atoms with van der Waals surface area (Å²) in [6, 6.07) is 27.1. The molecule has 0 atom stereocenters. The van der Waals surface area contributed by atoms with Gasteiger partial charge in [-0.1, -0.05) is 75.3 Å². The smallest absolute Gasteiger partial charge is 0.0251 e. The molecule has 0 bridgehead atoms. The number of benzene rings is 5. The Kier molecular flexibility index (Phi) is 7.55.